The summed E-state index contributed by atoms with van der Waals surface area (Å²) in [6.45, 7) is 16.3. The van der Waals surface area contributed by atoms with Crippen LogP contribution in [0.1, 0.15) is 66.6 Å². The molecule has 6 aromatic rings. The third kappa shape index (κ3) is 3.59. The summed E-state index contributed by atoms with van der Waals surface area (Å²) in [6, 6.07) is 41.1. The number of aryl methyl sites for hydroxylation is 3. The van der Waals surface area contributed by atoms with Crippen molar-refractivity contribution >= 4 is 27.8 Å². The molecule has 2 aliphatic rings. The van der Waals surface area contributed by atoms with Crippen LogP contribution in [0.4, 0.5) is 17.1 Å². The quantitative estimate of drug-likeness (QED) is 0.205. The van der Waals surface area contributed by atoms with Crippen molar-refractivity contribution in [1.29, 1.82) is 0 Å². The number of fused-ring (bicyclic) bond motifs is 8. The normalized spacial score (nSPS) is 15.1. The van der Waals surface area contributed by atoms with Crippen molar-refractivity contribution in [2.24, 2.45) is 0 Å². The van der Waals surface area contributed by atoms with Crippen LogP contribution in [0, 0.1) is 20.8 Å². The summed E-state index contributed by atoms with van der Waals surface area (Å²) < 4.78 is 0. The Bertz CT molecular complexity index is 2110. The van der Waals surface area contributed by atoms with Gasteiger partial charge in [0.05, 0.1) is 0 Å². The average Bonchev–Trinajstić information content (AvgIpc) is 3.37. The molecule has 0 atom stereocenters. The first-order valence-corrected chi connectivity index (χ1v) is 15.9. The predicted molar refractivity (Wildman–Crippen MR) is 188 cm³/mol. The zero-order valence-electron chi connectivity index (χ0n) is 26.8. The molecule has 0 saturated heterocycles. The number of anilines is 3. The SMILES string of the molecule is Cc1ccccc1N(c1ccc2c(c1)C(C)(C)c1cc3c(cc1-2)C(C)(C)c1cc(C)c2ccccc2c1-3)c1ccccc1C. The Morgan fingerprint density at radius 1 is 0.432 bits per heavy atom. The topological polar surface area (TPSA) is 3.24 Å². The second-order valence-electron chi connectivity index (χ2n) is 14.0. The highest BCUT2D eigenvalue weighted by Crippen LogP contribution is 2.58. The minimum atomic E-state index is -0.133. The van der Waals surface area contributed by atoms with Crippen LogP contribution in [0.5, 0.6) is 0 Å². The van der Waals surface area contributed by atoms with E-state index in [0.717, 1.165) is 0 Å². The van der Waals surface area contributed by atoms with Gasteiger partial charge in [0, 0.05) is 27.9 Å². The molecule has 0 aromatic heterocycles. The lowest BCUT2D eigenvalue weighted by Crippen LogP contribution is -2.18. The first-order valence-electron chi connectivity index (χ1n) is 15.9. The molecule has 6 aromatic carbocycles. The molecule has 0 radical (unpaired) electrons. The van der Waals surface area contributed by atoms with Crippen molar-refractivity contribution in [1.82, 2.24) is 0 Å². The Kier molecular flexibility index (Phi) is 5.63. The van der Waals surface area contributed by atoms with E-state index in [1.54, 1.807) is 0 Å². The molecule has 1 nitrogen and oxygen atoms in total. The second kappa shape index (κ2) is 9.19. The van der Waals surface area contributed by atoms with Gasteiger partial charge in [0.25, 0.3) is 0 Å². The largest absolute Gasteiger partial charge is 0.310 e. The van der Waals surface area contributed by atoms with Gasteiger partial charge in [0.15, 0.2) is 0 Å². The van der Waals surface area contributed by atoms with Gasteiger partial charge in [0.1, 0.15) is 0 Å². The number of para-hydroxylation sites is 2. The highest BCUT2D eigenvalue weighted by Gasteiger charge is 2.42. The van der Waals surface area contributed by atoms with Crippen molar-refractivity contribution < 1.29 is 0 Å². The fourth-order valence-corrected chi connectivity index (χ4v) is 8.15. The molecular weight excluding hydrogens is 530 g/mol. The molecule has 216 valence electrons. The van der Waals surface area contributed by atoms with E-state index in [4.69, 9.17) is 0 Å². The van der Waals surface area contributed by atoms with Crippen LogP contribution in [0.2, 0.25) is 0 Å². The van der Waals surface area contributed by atoms with E-state index in [0.29, 0.717) is 0 Å². The molecular formula is C43H39N. The first-order chi connectivity index (χ1) is 21.1. The molecule has 0 fully saturated rings. The number of rotatable bonds is 3. The van der Waals surface area contributed by atoms with Crippen LogP contribution < -0.4 is 4.90 Å². The third-order valence-corrected chi connectivity index (χ3v) is 10.6. The Labute approximate surface area is 261 Å². The molecule has 0 aliphatic heterocycles. The van der Waals surface area contributed by atoms with E-state index >= 15 is 0 Å². The van der Waals surface area contributed by atoms with Crippen LogP contribution in [-0.4, -0.2) is 0 Å². The maximum atomic E-state index is 2.54. The maximum Gasteiger partial charge on any atom is 0.0490 e. The fourth-order valence-electron chi connectivity index (χ4n) is 8.15. The van der Waals surface area contributed by atoms with Gasteiger partial charge in [-0.05, 0) is 129 Å². The van der Waals surface area contributed by atoms with Crippen LogP contribution in [0.25, 0.3) is 33.0 Å². The molecule has 0 unspecified atom stereocenters. The van der Waals surface area contributed by atoms with Crippen molar-refractivity contribution in [3.05, 3.63) is 148 Å². The third-order valence-electron chi connectivity index (χ3n) is 10.6. The number of hydrogen-bond donors (Lipinski definition) is 0. The fraction of sp³-hybridized carbons (Fsp3) is 0.209. The van der Waals surface area contributed by atoms with Crippen LogP contribution in [0.3, 0.4) is 0 Å². The van der Waals surface area contributed by atoms with Crippen LogP contribution in [0.15, 0.2) is 109 Å². The summed E-state index contributed by atoms with van der Waals surface area (Å²) >= 11 is 0. The highest BCUT2D eigenvalue weighted by atomic mass is 15.1. The monoisotopic (exact) mass is 569 g/mol. The minimum absolute atomic E-state index is 0.0617. The lowest BCUT2D eigenvalue weighted by Gasteiger charge is -2.30. The minimum Gasteiger partial charge on any atom is -0.310 e. The zero-order chi connectivity index (χ0) is 30.5. The van der Waals surface area contributed by atoms with Gasteiger partial charge in [-0.2, -0.15) is 0 Å². The molecule has 0 spiro atoms. The van der Waals surface area contributed by atoms with E-state index in [2.05, 4.69) is 163 Å². The molecule has 8 rings (SSSR count). The van der Waals surface area contributed by atoms with Crippen molar-refractivity contribution in [3.8, 4) is 22.3 Å². The van der Waals surface area contributed by atoms with Gasteiger partial charge in [-0.25, -0.2) is 0 Å². The Morgan fingerprint density at radius 3 is 1.61 bits per heavy atom. The van der Waals surface area contributed by atoms with Gasteiger partial charge < -0.3 is 4.90 Å². The molecule has 2 aliphatic carbocycles. The van der Waals surface area contributed by atoms with Gasteiger partial charge in [-0.1, -0.05) is 100 Å². The van der Waals surface area contributed by atoms with Crippen molar-refractivity contribution in [3.63, 3.8) is 0 Å². The molecule has 0 N–H and O–H groups in total. The van der Waals surface area contributed by atoms with Gasteiger partial charge in [-0.15, -0.1) is 0 Å². The van der Waals surface area contributed by atoms with Crippen molar-refractivity contribution in [2.45, 2.75) is 59.3 Å². The first kappa shape index (κ1) is 27.0. The molecule has 44 heavy (non-hydrogen) atoms. The predicted octanol–water partition coefficient (Wildman–Crippen LogP) is 11.8. The summed E-state index contributed by atoms with van der Waals surface area (Å²) in [6.07, 6.45) is 0. The number of hydrogen-bond acceptors (Lipinski definition) is 1. The lowest BCUT2D eigenvalue weighted by atomic mass is 9.79. The summed E-state index contributed by atoms with van der Waals surface area (Å²) in [4.78, 5) is 2.44. The molecule has 0 bridgehead atoms. The summed E-state index contributed by atoms with van der Waals surface area (Å²) in [5.74, 6) is 0. The molecule has 0 saturated carbocycles. The van der Waals surface area contributed by atoms with E-state index < -0.39 is 0 Å². The van der Waals surface area contributed by atoms with Crippen LogP contribution in [-0.2, 0) is 10.8 Å². The molecule has 0 heterocycles. The molecule has 1 heteroatoms. The van der Waals surface area contributed by atoms with Gasteiger partial charge in [-0.3, -0.25) is 0 Å². The summed E-state index contributed by atoms with van der Waals surface area (Å²) in [5, 5.41) is 2.73. The second-order valence-corrected chi connectivity index (χ2v) is 14.0. The Morgan fingerprint density at radius 2 is 0.955 bits per heavy atom. The molecule has 0 amide bonds. The van der Waals surface area contributed by atoms with E-state index in [1.165, 1.54) is 89.0 Å². The maximum absolute atomic E-state index is 2.54. The van der Waals surface area contributed by atoms with E-state index in [1.807, 2.05) is 0 Å². The van der Waals surface area contributed by atoms with Gasteiger partial charge >= 0.3 is 0 Å². The smallest absolute Gasteiger partial charge is 0.0490 e. The van der Waals surface area contributed by atoms with E-state index in [9.17, 15) is 0 Å². The zero-order valence-corrected chi connectivity index (χ0v) is 26.8. The standard InChI is InChI=1S/C43H39N/c1-26-14-8-12-18-39(26)44(40-19-13-9-15-27(40)2)29-20-21-31-33-24-37-34(25-36(33)42(4,5)35(31)23-29)41-32-17-11-10-16-30(32)28(3)22-38(41)43(37,6)7/h8-25H,1-7H3. The number of benzene rings is 6. The van der Waals surface area contributed by atoms with Crippen molar-refractivity contribution in [2.75, 3.05) is 4.90 Å². The summed E-state index contributed by atoms with van der Waals surface area (Å²) in [7, 11) is 0. The average molecular weight is 570 g/mol. The number of nitrogens with zero attached hydrogens (tertiary/aromatic N) is 1. The van der Waals surface area contributed by atoms with Gasteiger partial charge in [0.2, 0.25) is 0 Å². The summed E-state index contributed by atoms with van der Waals surface area (Å²) in [5.41, 5.74) is 18.6. The highest BCUT2D eigenvalue weighted by molar-refractivity contribution is 6.05. The van der Waals surface area contributed by atoms with E-state index in [-0.39, 0.29) is 10.8 Å². The Balaban J connectivity index is 1.34. The van der Waals surface area contributed by atoms with Crippen LogP contribution >= 0.6 is 0 Å². The lowest BCUT2D eigenvalue weighted by molar-refractivity contribution is 0.652. The Hall–Kier alpha value is -4.62.